The highest BCUT2D eigenvalue weighted by atomic mass is 19.1. The molecule has 0 radical (unpaired) electrons. The number of phenolic OH excluding ortho intramolecular Hbond substituents is 1. The summed E-state index contributed by atoms with van der Waals surface area (Å²) in [5, 5.41) is 23.2. The van der Waals surface area contributed by atoms with E-state index in [1.807, 2.05) is 6.92 Å². The molecule has 5 nitrogen and oxygen atoms in total. The number of hydrogen-bond acceptors (Lipinski definition) is 4. The Kier molecular flexibility index (Phi) is 4.37. The summed E-state index contributed by atoms with van der Waals surface area (Å²) in [7, 11) is 0. The maximum Gasteiger partial charge on any atom is 0.295 e. The largest absolute Gasteiger partial charge is 0.508 e. The number of hydrogen-bond donors (Lipinski definition) is 2. The van der Waals surface area contributed by atoms with Crippen LogP contribution in [0.15, 0.2) is 42.5 Å². The number of rotatable bonds is 5. The van der Waals surface area contributed by atoms with E-state index in [4.69, 9.17) is 0 Å². The molecular formula is C15H15FN2O3. The van der Waals surface area contributed by atoms with Crippen LogP contribution in [0, 0.1) is 15.9 Å². The van der Waals surface area contributed by atoms with Gasteiger partial charge < -0.3 is 10.4 Å². The van der Waals surface area contributed by atoms with Gasteiger partial charge in [0.25, 0.3) is 5.69 Å². The van der Waals surface area contributed by atoms with E-state index >= 15 is 0 Å². The van der Waals surface area contributed by atoms with Crippen molar-refractivity contribution < 1.29 is 14.4 Å². The highest BCUT2D eigenvalue weighted by molar-refractivity contribution is 5.63. The number of nitro benzene ring substituents is 1. The highest BCUT2D eigenvalue weighted by Crippen LogP contribution is 2.32. The van der Waals surface area contributed by atoms with Crippen LogP contribution in [-0.4, -0.2) is 10.0 Å². The molecule has 1 unspecified atom stereocenters. The van der Waals surface area contributed by atoms with Gasteiger partial charge in [0.2, 0.25) is 0 Å². The maximum absolute atomic E-state index is 13.9. The van der Waals surface area contributed by atoms with E-state index in [0.29, 0.717) is 6.42 Å². The summed E-state index contributed by atoms with van der Waals surface area (Å²) < 4.78 is 13.9. The van der Waals surface area contributed by atoms with Crippen molar-refractivity contribution in [2.75, 3.05) is 5.32 Å². The minimum Gasteiger partial charge on any atom is -0.508 e. The molecule has 0 spiro atoms. The van der Waals surface area contributed by atoms with Crippen molar-refractivity contribution >= 4 is 11.4 Å². The van der Waals surface area contributed by atoms with Gasteiger partial charge in [0.1, 0.15) is 11.4 Å². The number of nitro groups is 1. The zero-order chi connectivity index (χ0) is 15.4. The molecule has 0 aliphatic heterocycles. The first-order valence-electron chi connectivity index (χ1n) is 6.51. The molecular weight excluding hydrogens is 275 g/mol. The minimum absolute atomic E-state index is 0.123. The third-order valence-corrected chi connectivity index (χ3v) is 3.21. The Bertz CT molecular complexity index is 644. The quantitative estimate of drug-likeness (QED) is 0.644. The molecule has 0 amide bonds. The minimum atomic E-state index is -0.665. The molecule has 0 saturated carbocycles. The van der Waals surface area contributed by atoms with Crippen LogP contribution in [-0.2, 0) is 0 Å². The lowest BCUT2D eigenvalue weighted by Crippen LogP contribution is -2.12. The van der Waals surface area contributed by atoms with Gasteiger partial charge in [-0.2, -0.15) is 0 Å². The summed E-state index contributed by atoms with van der Waals surface area (Å²) in [5.41, 5.74) is 0.391. The monoisotopic (exact) mass is 290 g/mol. The van der Waals surface area contributed by atoms with Crippen LogP contribution < -0.4 is 5.32 Å². The average Bonchev–Trinajstić information content (AvgIpc) is 2.47. The highest BCUT2D eigenvalue weighted by Gasteiger charge is 2.21. The third kappa shape index (κ3) is 3.28. The van der Waals surface area contributed by atoms with Gasteiger partial charge in [0.05, 0.1) is 11.0 Å². The van der Waals surface area contributed by atoms with Gasteiger partial charge in [-0.15, -0.1) is 0 Å². The molecule has 0 bridgehead atoms. The van der Waals surface area contributed by atoms with E-state index in [9.17, 15) is 19.6 Å². The first kappa shape index (κ1) is 14.8. The van der Waals surface area contributed by atoms with Gasteiger partial charge in [-0.1, -0.05) is 25.1 Å². The van der Waals surface area contributed by atoms with Crippen molar-refractivity contribution in [3.05, 3.63) is 64.0 Å². The van der Waals surface area contributed by atoms with Crippen LogP contribution in [0.3, 0.4) is 0 Å². The molecule has 0 aliphatic rings. The number of phenols is 1. The Hall–Kier alpha value is -2.63. The van der Waals surface area contributed by atoms with E-state index in [-0.39, 0.29) is 23.2 Å². The van der Waals surface area contributed by atoms with E-state index in [0.717, 1.165) is 5.56 Å². The van der Waals surface area contributed by atoms with Crippen LogP contribution in [0.1, 0.15) is 24.9 Å². The lowest BCUT2D eigenvalue weighted by atomic mass is 10.0. The van der Waals surface area contributed by atoms with E-state index < -0.39 is 10.7 Å². The Morgan fingerprint density at radius 2 is 1.95 bits per heavy atom. The number of halogens is 1. The molecule has 2 rings (SSSR count). The van der Waals surface area contributed by atoms with Gasteiger partial charge >= 0.3 is 0 Å². The molecule has 6 heteroatoms. The summed E-state index contributed by atoms with van der Waals surface area (Å²) in [6, 6.07) is 9.90. The normalized spacial score (nSPS) is 11.9. The summed E-state index contributed by atoms with van der Waals surface area (Å²) >= 11 is 0. The van der Waals surface area contributed by atoms with Crippen molar-refractivity contribution in [2.24, 2.45) is 0 Å². The Morgan fingerprint density at radius 1 is 1.29 bits per heavy atom. The van der Waals surface area contributed by atoms with E-state index in [1.54, 1.807) is 12.1 Å². The second-order valence-corrected chi connectivity index (χ2v) is 4.59. The average molecular weight is 290 g/mol. The standard InChI is InChI=1S/C15H15FN2O3/c1-2-13(10-6-8-11(19)9-7-10)17-15-12(16)4-3-5-14(15)18(20)21/h3-9,13,17,19H,2H2,1H3. The number of anilines is 1. The third-order valence-electron chi connectivity index (χ3n) is 3.21. The van der Waals surface area contributed by atoms with Crippen LogP contribution in [0.25, 0.3) is 0 Å². The second kappa shape index (κ2) is 6.21. The number of benzene rings is 2. The van der Waals surface area contributed by atoms with E-state index in [1.165, 1.54) is 30.3 Å². The van der Waals surface area contributed by atoms with E-state index in [2.05, 4.69) is 5.32 Å². The molecule has 21 heavy (non-hydrogen) atoms. The lowest BCUT2D eigenvalue weighted by Gasteiger charge is -2.19. The van der Waals surface area contributed by atoms with Crippen LogP contribution >= 0.6 is 0 Å². The number of nitrogens with one attached hydrogen (secondary N) is 1. The topological polar surface area (TPSA) is 75.4 Å². The van der Waals surface area contributed by atoms with Crippen molar-refractivity contribution in [1.29, 1.82) is 0 Å². The Balaban J connectivity index is 2.35. The molecule has 110 valence electrons. The molecule has 0 heterocycles. The number of para-hydroxylation sites is 1. The molecule has 0 saturated heterocycles. The van der Waals surface area contributed by atoms with Crippen LogP contribution in [0.2, 0.25) is 0 Å². The Labute approximate surface area is 121 Å². The first-order chi connectivity index (χ1) is 10.0. The molecule has 0 fully saturated rings. The molecule has 2 N–H and O–H groups in total. The van der Waals surface area contributed by atoms with Crippen molar-refractivity contribution in [3.63, 3.8) is 0 Å². The molecule has 0 aliphatic carbocycles. The summed E-state index contributed by atoms with van der Waals surface area (Å²) in [6.45, 7) is 1.89. The van der Waals surface area contributed by atoms with Crippen molar-refractivity contribution in [2.45, 2.75) is 19.4 Å². The van der Waals surface area contributed by atoms with Crippen LogP contribution in [0.4, 0.5) is 15.8 Å². The smallest absolute Gasteiger partial charge is 0.295 e. The summed E-state index contributed by atoms with van der Waals surface area (Å²) in [6.07, 6.45) is 0.607. The molecule has 0 aromatic heterocycles. The fraction of sp³-hybridized carbons (Fsp3) is 0.200. The fourth-order valence-electron chi connectivity index (χ4n) is 2.11. The summed E-state index contributed by atoms with van der Waals surface area (Å²) in [4.78, 5) is 10.4. The van der Waals surface area contributed by atoms with Gasteiger partial charge in [0, 0.05) is 6.07 Å². The van der Waals surface area contributed by atoms with Crippen LogP contribution in [0.5, 0.6) is 5.75 Å². The second-order valence-electron chi connectivity index (χ2n) is 4.59. The van der Waals surface area contributed by atoms with Crippen molar-refractivity contribution in [1.82, 2.24) is 0 Å². The number of aromatic hydroxyl groups is 1. The molecule has 1 atom stereocenters. The van der Waals surface area contributed by atoms with Gasteiger partial charge in [-0.3, -0.25) is 10.1 Å². The van der Waals surface area contributed by atoms with Gasteiger partial charge in [-0.05, 0) is 30.2 Å². The van der Waals surface area contributed by atoms with Gasteiger partial charge in [-0.25, -0.2) is 4.39 Å². The molecule has 2 aromatic rings. The zero-order valence-electron chi connectivity index (χ0n) is 11.4. The van der Waals surface area contributed by atoms with Crippen molar-refractivity contribution in [3.8, 4) is 5.75 Å². The first-order valence-corrected chi connectivity index (χ1v) is 6.51. The summed E-state index contributed by atoms with van der Waals surface area (Å²) in [5.74, 6) is -0.535. The Morgan fingerprint density at radius 3 is 2.52 bits per heavy atom. The predicted octanol–water partition coefficient (Wildman–Crippen LogP) is 4.00. The number of nitrogens with zero attached hydrogens (tertiary/aromatic N) is 1. The molecule has 2 aromatic carbocycles. The van der Waals surface area contributed by atoms with Gasteiger partial charge in [0.15, 0.2) is 5.82 Å². The zero-order valence-corrected chi connectivity index (χ0v) is 11.4. The fourth-order valence-corrected chi connectivity index (χ4v) is 2.11. The lowest BCUT2D eigenvalue weighted by molar-refractivity contribution is -0.384. The predicted molar refractivity (Wildman–Crippen MR) is 77.8 cm³/mol. The maximum atomic E-state index is 13.9. The SMILES string of the molecule is CCC(Nc1c(F)cccc1[N+](=O)[O-])c1ccc(O)cc1.